The van der Waals surface area contributed by atoms with Crippen LogP contribution in [0.25, 0.3) is 11.1 Å². The van der Waals surface area contributed by atoms with Gasteiger partial charge in [0.15, 0.2) is 0 Å². The second-order valence-corrected chi connectivity index (χ2v) is 11.6. The molecule has 9 heteroatoms. The molecule has 1 unspecified atom stereocenters. The van der Waals surface area contributed by atoms with E-state index in [2.05, 4.69) is 53.2 Å². The van der Waals surface area contributed by atoms with Crippen molar-refractivity contribution < 1.29 is 19.0 Å². The number of nitrogens with zero attached hydrogens (tertiary/aromatic N) is 4. The number of amides is 1. The summed E-state index contributed by atoms with van der Waals surface area (Å²) in [4.78, 5) is 24.5. The van der Waals surface area contributed by atoms with Crippen LogP contribution in [0.5, 0.6) is 11.5 Å². The molecule has 0 radical (unpaired) electrons. The standard InChI is InChI=1S/C30H47N5O4/c1-21-14-26(37-8)17-27(38-9)28(21)23-15-22(2)32-24(16-23)19-35-13-12-33(6)10-11-34(7)20-25(35)18-31-29(36)39-30(3,4)5/h14-17,25H,10-13,18-20H2,1-9H3,(H,31,36). The molecule has 1 aliphatic rings. The average molecular weight is 542 g/mol. The van der Waals surface area contributed by atoms with Crippen molar-refractivity contribution in [2.45, 2.75) is 52.8 Å². The van der Waals surface area contributed by atoms with Gasteiger partial charge in [0.1, 0.15) is 17.1 Å². The number of nitrogens with one attached hydrogen (secondary N) is 1. The molecule has 1 amide bonds. The number of rotatable bonds is 7. The van der Waals surface area contributed by atoms with Gasteiger partial charge in [-0.3, -0.25) is 9.88 Å². The SMILES string of the molecule is COc1cc(C)c(-c2cc(C)nc(CN3CCN(C)CCN(C)CC3CNC(=O)OC(C)(C)C)c2)c(OC)c1. The van der Waals surface area contributed by atoms with Gasteiger partial charge in [-0.15, -0.1) is 0 Å². The van der Waals surface area contributed by atoms with Crippen LogP contribution < -0.4 is 14.8 Å². The first kappa shape index (κ1) is 30.7. The molecule has 1 atom stereocenters. The smallest absolute Gasteiger partial charge is 0.407 e. The van der Waals surface area contributed by atoms with Gasteiger partial charge < -0.3 is 29.3 Å². The number of benzene rings is 1. The Morgan fingerprint density at radius 2 is 1.69 bits per heavy atom. The Balaban J connectivity index is 1.92. The summed E-state index contributed by atoms with van der Waals surface area (Å²) in [7, 11) is 7.65. The number of ether oxygens (including phenoxy) is 3. The minimum Gasteiger partial charge on any atom is -0.497 e. The lowest BCUT2D eigenvalue weighted by atomic mass is 9.98. The molecule has 2 aromatic rings. The van der Waals surface area contributed by atoms with Gasteiger partial charge in [0.05, 0.1) is 19.9 Å². The lowest BCUT2D eigenvalue weighted by molar-refractivity contribution is 0.0497. The normalized spacial score (nSPS) is 18.1. The van der Waals surface area contributed by atoms with Crippen LogP contribution in [0, 0.1) is 13.8 Å². The molecule has 1 fully saturated rings. The number of hydrogen-bond donors (Lipinski definition) is 1. The molecule has 1 aliphatic heterocycles. The van der Waals surface area contributed by atoms with Crippen LogP contribution in [0.1, 0.15) is 37.7 Å². The predicted octanol–water partition coefficient (Wildman–Crippen LogP) is 3.96. The van der Waals surface area contributed by atoms with E-state index in [0.29, 0.717) is 13.1 Å². The molecule has 1 saturated heterocycles. The van der Waals surface area contributed by atoms with E-state index in [9.17, 15) is 4.79 Å². The van der Waals surface area contributed by atoms with Crippen LogP contribution in [-0.4, -0.2) is 105 Å². The zero-order chi connectivity index (χ0) is 28.7. The minimum absolute atomic E-state index is 0.0945. The maximum Gasteiger partial charge on any atom is 0.407 e. The highest BCUT2D eigenvalue weighted by molar-refractivity contribution is 5.75. The summed E-state index contributed by atoms with van der Waals surface area (Å²) in [6.45, 7) is 15.5. The Kier molecular flexibility index (Phi) is 10.6. The van der Waals surface area contributed by atoms with E-state index in [1.54, 1.807) is 14.2 Å². The molecule has 1 aromatic carbocycles. The molecule has 39 heavy (non-hydrogen) atoms. The second-order valence-electron chi connectivity index (χ2n) is 11.6. The average Bonchev–Trinajstić information content (AvgIpc) is 2.91. The molecule has 2 heterocycles. The topological polar surface area (TPSA) is 79.4 Å². The number of methoxy groups -OCH3 is 2. The largest absolute Gasteiger partial charge is 0.497 e. The van der Waals surface area contributed by atoms with Crippen LogP contribution in [0.2, 0.25) is 0 Å². The summed E-state index contributed by atoms with van der Waals surface area (Å²) in [5.74, 6) is 1.54. The highest BCUT2D eigenvalue weighted by Crippen LogP contribution is 2.37. The van der Waals surface area contributed by atoms with Crippen LogP contribution in [0.4, 0.5) is 4.79 Å². The fraction of sp³-hybridized carbons (Fsp3) is 0.600. The Bertz CT molecular complexity index is 1120. The van der Waals surface area contributed by atoms with Crippen LogP contribution in [0.15, 0.2) is 24.3 Å². The van der Waals surface area contributed by atoms with Crippen molar-refractivity contribution in [2.75, 3.05) is 67.6 Å². The molecule has 1 aromatic heterocycles. The van der Waals surface area contributed by atoms with Gasteiger partial charge in [-0.25, -0.2) is 4.79 Å². The van der Waals surface area contributed by atoms with Crippen molar-refractivity contribution in [3.05, 3.63) is 41.2 Å². The molecule has 0 spiro atoms. The van der Waals surface area contributed by atoms with Crippen molar-refractivity contribution in [3.63, 3.8) is 0 Å². The Hall–Kier alpha value is -2.88. The highest BCUT2D eigenvalue weighted by Gasteiger charge is 2.25. The van der Waals surface area contributed by atoms with Gasteiger partial charge in [0, 0.05) is 69.2 Å². The predicted molar refractivity (Wildman–Crippen MR) is 156 cm³/mol. The van der Waals surface area contributed by atoms with Crippen molar-refractivity contribution in [1.82, 2.24) is 25.0 Å². The first-order valence-corrected chi connectivity index (χ1v) is 13.7. The molecule has 0 bridgehead atoms. The van der Waals surface area contributed by atoms with Gasteiger partial charge in [-0.05, 0) is 78.0 Å². The molecule has 0 aliphatic carbocycles. The number of pyridine rings is 1. The molecule has 216 valence electrons. The van der Waals surface area contributed by atoms with Gasteiger partial charge in [-0.1, -0.05) is 0 Å². The minimum atomic E-state index is -0.537. The highest BCUT2D eigenvalue weighted by atomic mass is 16.6. The van der Waals surface area contributed by atoms with Crippen molar-refractivity contribution in [1.29, 1.82) is 0 Å². The fourth-order valence-electron chi connectivity index (χ4n) is 4.96. The maximum absolute atomic E-state index is 12.5. The summed E-state index contributed by atoms with van der Waals surface area (Å²) >= 11 is 0. The molecular weight excluding hydrogens is 494 g/mol. The van der Waals surface area contributed by atoms with Crippen molar-refractivity contribution >= 4 is 6.09 Å². The van der Waals surface area contributed by atoms with Crippen LogP contribution in [-0.2, 0) is 11.3 Å². The Morgan fingerprint density at radius 3 is 2.36 bits per heavy atom. The molecule has 1 N–H and O–H groups in total. The van der Waals surface area contributed by atoms with E-state index in [1.807, 2.05) is 39.8 Å². The third-order valence-electron chi connectivity index (χ3n) is 6.94. The zero-order valence-electron chi connectivity index (χ0n) is 25.3. The Morgan fingerprint density at radius 1 is 1.00 bits per heavy atom. The Labute approximate surface area is 234 Å². The summed E-state index contributed by atoms with van der Waals surface area (Å²) in [5, 5.41) is 3.02. The van der Waals surface area contributed by atoms with Crippen LogP contribution >= 0.6 is 0 Å². The molecular formula is C30H47N5O4. The van der Waals surface area contributed by atoms with E-state index < -0.39 is 5.60 Å². The molecule has 0 saturated carbocycles. The van der Waals surface area contributed by atoms with Crippen LogP contribution in [0.3, 0.4) is 0 Å². The van der Waals surface area contributed by atoms with Gasteiger partial charge in [0.25, 0.3) is 0 Å². The van der Waals surface area contributed by atoms with E-state index in [0.717, 1.165) is 72.3 Å². The van der Waals surface area contributed by atoms with Crippen molar-refractivity contribution in [2.24, 2.45) is 0 Å². The lowest BCUT2D eigenvalue weighted by Gasteiger charge is -2.34. The van der Waals surface area contributed by atoms with Crippen molar-refractivity contribution in [3.8, 4) is 22.6 Å². The third-order valence-corrected chi connectivity index (χ3v) is 6.94. The fourth-order valence-corrected chi connectivity index (χ4v) is 4.96. The van der Waals surface area contributed by atoms with E-state index in [1.165, 1.54) is 0 Å². The number of likely N-dealkylation sites (N-methyl/N-ethyl adjacent to an activating group) is 2. The molecule has 9 nitrogen and oxygen atoms in total. The molecule has 3 rings (SSSR count). The van der Waals surface area contributed by atoms with Gasteiger partial charge in [0.2, 0.25) is 0 Å². The number of aromatic nitrogens is 1. The van der Waals surface area contributed by atoms with Gasteiger partial charge >= 0.3 is 6.09 Å². The first-order valence-electron chi connectivity index (χ1n) is 13.7. The second kappa shape index (κ2) is 13.5. The number of carbonyl (C=O) groups excluding carboxylic acids is 1. The number of hydrogen-bond acceptors (Lipinski definition) is 8. The quantitative estimate of drug-likeness (QED) is 0.565. The maximum atomic E-state index is 12.5. The first-order chi connectivity index (χ1) is 18.4. The van der Waals surface area contributed by atoms with E-state index >= 15 is 0 Å². The summed E-state index contributed by atoms with van der Waals surface area (Å²) in [6, 6.07) is 8.30. The summed E-state index contributed by atoms with van der Waals surface area (Å²) in [5.41, 5.74) is 4.57. The van der Waals surface area contributed by atoms with E-state index in [-0.39, 0.29) is 12.1 Å². The number of aryl methyl sites for hydroxylation is 2. The summed E-state index contributed by atoms with van der Waals surface area (Å²) in [6.07, 6.45) is -0.389. The summed E-state index contributed by atoms with van der Waals surface area (Å²) < 4.78 is 16.7. The zero-order valence-corrected chi connectivity index (χ0v) is 25.3. The third kappa shape index (κ3) is 9.08. The van der Waals surface area contributed by atoms with E-state index in [4.69, 9.17) is 19.2 Å². The monoisotopic (exact) mass is 541 g/mol. The number of carbonyl (C=O) groups is 1. The van der Waals surface area contributed by atoms with Gasteiger partial charge in [-0.2, -0.15) is 0 Å². The number of alkyl carbamates (subject to hydrolysis) is 1. The lowest BCUT2D eigenvalue weighted by Crippen LogP contribution is -2.50.